The maximum absolute atomic E-state index is 6.44. The first-order valence-electron chi connectivity index (χ1n) is 21.4. The molecule has 0 aromatic heterocycles. The third kappa shape index (κ3) is 25.1. The largest absolute Gasteiger partial charge is 1.00 e. The zero-order valence-corrected chi connectivity index (χ0v) is 38.1. The van der Waals surface area contributed by atoms with Gasteiger partial charge in [0.25, 0.3) is 0 Å². The SMILES string of the molecule is CCCCCCCCCCCC[N+](C)(C)CCCOc1ccccc1-c1ccccc1OCCC[N+](C)(C)CCCCCCCCCCCC.[Br-].[Br-]. The molecule has 52 heavy (non-hydrogen) atoms. The molecule has 0 heterocycles. The molecule has 0 radical (unpaired) electrons. The Morgan fingerprint density at radius 2 is 0.635 bits per heavy atom. The summed E-state index contributed by atoms with van der Waals surface area (Å²) in [6.45, 7) is 10.9. The van der Waals surface area contributed by atoms with Crippen molar-refractivity contribution >= 4 is 0 Å². The number of rotatable bonds is 33. The first kappa shape index (κ1) is 50.9. The number of hydrogen-bond donors (Lipinski definition) is 0. The van der Waals surface area contributed by atoms with Gasteiger partial charge in [0.1, 0.15) is 11.5 Å². The zero-order valence-electron chi connectivity index (χ0n) is 34.9. The minimum atomic E-state index is 0. The van der Waals surface area contributed by atoms with Gasteiger partial charge in [-0.1, -0.05) is 153 Å². The molecule has 4 nitrogen and oxygen atoms in total. The van der Waals surface area contributed by atoms with Crippen LogP contribution in [0.15, 0.2) is 48.5 Å². The number of unbranched alkanes of at least 4 members (excludes halogenated alkanes) is 18. The van der Waals surface area contributed by atoms with Gasteiger partial charge in [0.05, 0.1) is 67.6 Å². The molecule has 0 N–H and O–H groups in total. The number of nitrogens with zero attached hydrogens (tertiary/aromatic N) is 2. The lowest BCUT2D eigenvalue weighted by molar-refractivity contribution is -0.890. The van der Waals surface area contributed by atoms with E-state index in [9.17, 15) is 0 Å². The second-order valence-corrected chi connectivity index (χ2v) is 16.5. The number of ether oxygens (including phenoxy) is 2. The molecule has 2 aromatic rings. The van der Waals surface area contributed by atoms with Crippen molar-refractivity contribution in [3.63, 3.8) is 0 Å². The quantitative estimate of drug-likeness (QED) is 0.0576. The standard InChI is InChI=1S/C46H82N2O2.2BrH/c1-7-9-11-13-15-17-19-21-23-29-37-47(3,4)39-31-41-49-45-35-27-25-33-43(45)44-34-26-28-36-46(44)50-42-32-40-48(5,6)38-30-24-22-20-18-16-14-12-10-8-2;;/h25-28,33-36H,7-24,29-32,37-42H2,1-6H3;2*1H/q+2;;/p-2. The Labute approximate surface area is 344 Å². The van der Waals surface area contributed by atoms with E-state index in [2.05, 4.69) is 90.6 Å². The van der Waals surface area contributed by atoms with Gasteiger partial charge in [-0.15, -0.1) is 0 Å². The molecule has 0 saturated heterocycles. The van der Waals surface area contributed by atoms with Crippen LogP contribution in [0.1, 0.15) is 155 Å². The van der Waals surface area contributed by atoms with Gasteiger partial charge in [0.15, 0.2) is 0 Å². The lowest BCUT2D eigenvalue weighted by atomic mass is 10.0. The molecule has 0 bridgehead atoms. The molecule has 6 heteroatoms. The predicted octanol–water partition coefficient (Wildman–Crippen LogP) is 6.89. The summed E-state index contributed by atoms with van der Waals surface area (Å²) in [5.74, 6) is 1.91. The van der Waals surface area contributed by atoms with Crippen LogP contribution in [0.3, 0.4) is 0 Å². The number of quaternary nitrogens is 2. The van der Waals surface area contributed by atoms with Gasteiger partial charge in [0.2, 0.25) is 0 Å². The summed E-state index contributed by atoms with van der Waals surface area (Å²) < 4.78 is 15.0. The molecular formula is C46H82Br2N2O2. The number of hydrogen-bond acceptors (Lipinski definition) is 2. The van der Waals surface area contributed by atoms with Crippen molar-refractivity contribution in [3.05, 3.63) is 48.5 Å². The Kier molecular flexibility index (Phi) is 31.5. The van der Waals surface area contributed by atoms with Gasteiger partial charge < -0.3 is 52.4 Å². The first-order valence-corrected chi connectivity index (χ1v) is 21.4. The molecular weight excluding hydrogens is 772 g/mol. The molecule has 2 aromatic carbocycles. The fourth-order valence-corrected chi connectivity index (χ4v) is 7.26. The van der Waals surface area contributed by atoms with E-state index >= 15 is 0 Å². The van der Waals surface area contributed by atoms with Crippen LogP contribution in [0.4, 0.5) is 0 Å². The monoisotopic (exact) mass is 852 g/mol. The molecule has 302 valence electrons. The molecule has 0 spiro atoms. The van der Waals surface area contributed by atoms with Crippen LogP contribution in [-0.2, 0) is 0 Å². The van der Waals surface area contributed by atoms with Crippen molar-refractivity contribution < 1.29 is 52.4 Å². The number of benzene rings is 2. The highest BCUT2D eigenvalue weighted by Gasteiger charge is 2.17. The number of para-hydroxylation sites is 2. The fourth-order valence-electron chi connectivity index (χ4n) is 7.26. The molecule has 2 rings (SSSR count). The Hall–Kier alpha value is -1.08. The molecule has 0 aliphatic rings. The normalized spacial score (nSPS) is 11.6. The Balaban J connectivity index is 0.0000130. The van der Waals surface area contributed by atoms with Gasteiger partial charge in [-0.3, -0.25) is 0 Å². The van der Waals surface area contributed by atoms with Gasteiger partial charge in [-0.2, -0.15) is 0 Å². The topological polar surface area (TPSA) is 18.5 Å². The summed E-state index contributed by atoms with van der Waals surface area (Å²) in [5.41, 5.74) is 2.25. The Bertz CT molecular complexity index is 1010. The predicted molar refractivity (Wildman–Crippen MR) is 219 cm³/mol. The van der Waals surface area contributed by atoms with Crippen molar-refractivity contribution in [3.8, 4) is 22.6 Å². The lowest BCUT2D eigenvalue weighted by Crippen LogP contribution is -3.00. The average Bonchev–Trinajstić information content (AvgIpc) is 3.10. The highest BCUT2D eigenvalue weighted by molar-refractivity contribution is 5.75. The van der Waals surface area contributed by atoms with E-state index in [1.807, 2.05) is 0 Å². The first-order chi connectivity index (χ1) is 24.3. The second kappa shape index (κ2) is 32.2. The van der Waals surface area contributed by atoms with E-state index in [1.165, 1.54) is 142 Å². The van der Waals surface area contributed by atoms with Crippen LogP contribution in [0.25, 0.3) is 11.1 Å². The minimum Gasteiger partial charge on any atom is -1.00 e. The van der Waals surface area contributed by atoms with Crippen LogP contribution < -0.4 is 43.4 Å². The zero-order chi connectivity index (χ0) is 36.2. The van der Waals surface area contributed by atoms with Gasteiger partial charge in [-0.25, -0.2) is 0 Å². The van der Waals surface area contributed by atoms with E-state index in [4.69, 9.17) is 9.47 Å². The summed E-state index contributed by atoms with van der Waals surface area (Å²) in [4.78, 5) is 0. The van der Waals surface area contributed by atoms with Crippen LogP contribution in [0.5, 0.6) is 11.5 Å². The maximum Gasteiger partial charge on any atom is 0.127 e. The molecule has 0 atom stereocenters. The fraction of sp³-hybridized carbons (Fsp3) is 0.739. The highest BCUT2D eigenvalue weighted by Crippen LogP contribution is 2.36. The van der Waals surface area contributed by atoms with Crippen LogP contribution >= 0.6 is 0 Å². The smallest absolute Gasteiger partial charge is 0.127 e. The van der Waals surface area contributed by atoms with Crippen molar-refractivity contribution in [2.75, 3.05) is 67.6 Å². The Morgan fingerprint density at radius 3 is 0.962 bits per heavy atom. The van der Waals surface area contributed by atoms with Crippen molar-refractivity contribution in [1.29, 1.82) is 0 Å². The summed E-state index contributed by atoms with van der Waals surface area (Å²) in [5, 5.41) is 0. The average molecular weight is 855 g/mol. The van der Waals surface area contributed by atoms with E-state index in [-0.39, 0.29) is 34.0 Å². The molecule has 0 aliphatic carbocycles. The van der Waals surface area contributed by atoms with E-state index < -0.39 is 0 Å². The summed E-state index contributed by atoms with van der Waals surface area (Å²) in [6.07, 6.45) is 30.1. The van der Waals surface area contributed by atoms with E-state index in [0.717, 1.165) is 70.7 Å². The van der Waals surface area contributed by atoms with Crippen LogP contribution in [0.2, 0.25) is 0 Å². The van der Waals surface area contributed by atoms with Crippen LogP contribution in [-0.4, -0.2) is 76.5 Å². The highest BCUT2D eigenvalue weighted by atomic mass is 79.9. The van der Waals surface area contributed by atoms with Gasteiger partial charge in [-0.05, 0) is 37.8 Å². The molecule has 0 saturated carbocycles. The van der Waals surface area contributed by atoms with Crippen molar-refractivity contribution in [2.45, 2.75) is 155 Å². The molecule has 0 amide bonds. The maximum atomic E-state index is 6.44. The van der Waals surface area contributed by atoms with Crippen LogP contribution in [0, 0.1) is 0 Å². The van der Waals surface area contributed by atoms with E-state index in [1.54, 1.807) is 0 Å². The summed E-state index contributed by atoms with van der Waals surface area (Å²) >= 11 is 0. The second-order valence-electron chi connectivity index (χ2n) is 16.5. The van der Waals surface area contributed by atoms with Crippen molar-refractivity contribution in [1.82, 2.24) is 0 Å². The van der Waals surface area contributed by atoms with Crippen molar-refractivity contribution in [2.24, 2.45) is 0 Å². The Morgan fingerprint density at radius 1 is 0.365 bits per heavy atom. The third-order valence-electron chi connectivity index (χ3n) is 10.6. The van der Waals surface area contributed by atoms with E-state index in [0.29, 0.717) is 0 Å². The molecule has 0 aliphatic heterocycles. The molecule has 0 unspecified atom stereocenters. The number of halogens is 2. The lowest BCUT2D eigenvalue weighted by Gasteiger charge is -2.30. The van der Waals surface area contributed by atoms with Gasteiger partial charge >= 0.3 is 0 Å². The summed E-state index contributed by atoms with van der Waals surface area (Å²) in [7, 11) is 9.53. The minimum absolute atomic E-state index is 0. The third-order valence-corrected chi connectivity index (χ3v) is 10.6. The van der Waals surface area contributed by atoms with Gasteiger partial charge in [0, 0.05) is 24.0 Å². The summed E-state index contributed by atoms with van der Waals surface area (Å²) in [6, 6.07) is 17.0. The molecule has 0 fully saturated rings.